The maximum absolute atomic E-state index is 12.8. The van der Waals surface area contributed by atoms with E-state index >= 15 is 0 Å². The SMILES string of the molecule is CCc1ccc(NC(=O)C(C)N2CCC(Cc3ccccc3)CC2)cc1S(N)(=O)=O. The van der Waals surface area contributed by atoms with Crippen LogP contribution in [0.2, 0.25) is 0 Å². The van der Waals surface area contributed by atoms with Gasteiger partial charge in [0.1, 0.15) is 0 Å². The smallest absolute Gasteiger partial charge is 0.241 e. The molecule has 0 bridgehead atoms. The zero-order chi connectivity index (χ0) is 21.7. The quantitative estimate of drug-likeness (QED) is 0.707. The van der Waals surface area contributed by atoms with Crippen LogP contribution in [0.5, 0.6) is 0 Å². The summed E-state index contributed by atoms with van der Waals surface area (Å²) >= 11 is 0. The van der Waals surface area contributed by atoms with Crippen LogP contribution >= 0.6 is 0 Å². The van der Waals surface area contributed by atoms with E-state index in [0.717, 1.165) is 32.4 Å². The second-order valence-electron chi connectivity index (χ2n) is 8.06. The number of anilines is 1. The number of aryl methyl sites for hydroxylation is 1. The summed E-state index contributed by atoms with van der Waals surface area (Å²) in [6, 6.07) is 15.1. The monoisotopic (exact) mass is 429 g/mol. The van der Waals surface area contributed by atoms with Gasteiger partial charge in [-0.15, -0.1) is 0 Å². The number of piperidine rings is 1. The van der Waals surface area contributed by atoms with Gasteiger partial charge in [0.05, 0.1) is 10.9 Å². The summed E-state index contributed by atoms with van der Waals surface area (Å²) in [6.45, 7) is 5.52. The maximum Gasteiger partial charge on any atom is 0.241 e. The highest BCUT2D eigenvalue weighted by Crippen LogP contribution is 2.24. The van der Waals surface area contributed by atoms with Crippen LogP contribution in [-0.2, 0) is 27.7 Å². The first-order valence-corrected chi connectivity index (χ1v) is 12.1. The maximum atomic E-state index is 12.8. The lowest BCUT2D eigenvalue weighted by atomic mass is 9.89. The highest BCUT2D eigenvalue weighted by Gasteiger charge is 2.27. The van der Waals surface area contributed by atoms with E-state index in [1.807, 2.05) is 19.9 Å². The number of nitrogens with zero attached hydrogens (tertiary/aromatic N) is 1. The molecule has 162 valence electrons. The van der Waals surface area contributed by atoms with E-state index in [1.54, 1.807) is 12.1 Å². The van der Waals surface area contributed by atoms with Gasteiger partial charge in [0, 0.05) is 5.69 Å². The van der Waals surface area contributed by atoms with Crippen LogP contribution in [0.1, 0.15) is 37.8 Å². The molecule has 1 fully saturated rings. The molecule has 0 aliphatic carbocycles. The lowest BCUT2D eigenvalue weighted by molar-refractivity contribution is -0.121. The molecule has 30 heavy (non-hydrogen) atoms. The third-order valence-electron chi connectivity index (χ3n) is 5.97. The fraction of sp³-hybridized carbons (Fsp3) is 0.435. The molecular formula is C23H31N3O3S. The van der Waals surface area contributed by atoms with Crippen LogP contribution in [-0.4, -0.2) is 38.4 Å². The second kappa shape index (κ2) is 9.73. The Kier molecular flexibility index (Phi) is 7.28. The average molecular weight is 430 g/mol. The van der Waals surface area contributed by atoms with E-state index < -0.39 is 10.0 Å². The number of nitrogens with two attached hydrogens (primary N) is 1. The summed E-state index contributed by atoms with van der Waals surface area (Å²) in [5, 5.41) is 8.18. The van der Waals surface area contributed by atoms with E-state index in [1.165, 1.54) is 11.6 Å². The van der Waals surface area contributed by atoms with Gasteiger partial charge in [-0.25, -0.2) is 13.6 Å². The Labute approximate surface area is 179 Å². The van der Waals surface area contributed by atoms with Gasteiger partial charge in [-0.05, 0) is 74.9 Å². The summed E-state index contributed by atoms with van der Waals surface area (Å²) in [4.78, 5) is 15.0. The Balaban J connectivity index is 1.58. The minimum atomic E-state index is -3.84. The van der Waals surface area contributed by atoms with E-state index in [9.17, 15) is 13.2 Å². The molecule has 1 saturated heterocycles. The molecule has 0 saturated carbocycles. The van der Waals surface area contributed by atoms with Crippen LogP contribution in [0.3, 0.4) is 0 Å². The van der Waals surface area contributed by atoms with Crippen molar-refractivity contribution in [1.82, 2.24) is 4.90 Å². The molecule has 0 radical (unpaired) electrons. The second-order valence-corrected chi connectivity index (χ2v) is 9.59. The summed E-state index contributed by atoms with van der Waals surface area (Å²) in [7, 11) is -3.84. The molecule has 2 aromatic carbocycles. The van der Waals surface area contributed by atoms with E-state index in [4.69, 9.17) is 5.14 Å². The lowest BCUT2D eigenvalue weighted by Gasteiger charge is -2.35. The van der Waals surface area contributed by atoms with Crippen molar-refractivity contribution in [2.45, 2.75) is 50.5 Å². The molecule has 7 heteroatoms. The number of rotatable bonds is 7. The van der Waals surface area contributed by atoms with Crippen molar-refractivity contribution in [3.05, 3.63) is 59.7 Å². The molecule has 1 amide bonds. The topological polar surface area (TPSA) is 92.5 Å². The van der Waals surface area contributed by atoms with Crippen LogP contribution in [0.4, 0.5) is 5.69 Å². The third-order valence-corrected chi connectivity index (χ3v) is 6.96. The van der Waals surface area contributed by atoms with Crippen molar-refractivity contribution >= 4 is 21.6 Å². The molecule has 6 nitrogen and oxygen atoms in total. The van der Waals surface area contributed by atoms with Crippen LogP contribution in [0, 0.1) is 5.92 Å². The van der Waals surface area contributed by atoms with Gasteiger partial charge >= 0.3 is 0 Å². The summed E-state index contributed by atoms with van der Waals surface area (Å²) < 4.78 is 23.7. The molecule has 1 atom stereocenters. The number of sulfonamides is 1. The van der Waals surface area contributed by atoms with E-state index in [0.29, 0.717) is 23.6 Å². The van der Waals surface area contributed by atoms with Gasteiger partial charge in [-0.1, -0.05) is 43.3 Å². The van der Waals surface area contributed by atoms with Crippen molar-refractivity contribution in [1.29, 1.82) is 0 Å². The number of hydrogen-bond donors (Lipinski definition) is 2. The normalized spacial score (nSPS) is 16.9. The fourth-order valence-corrected chi connectivity index (χ4v) is 4.96. The number of carbonyl (C=O) groups is 1. The Hall–Kier alpha value is -2.22. The van der Waals surface area contributed by atoms with Crippen LogP contribution in [0.15, 0.2) is 53.4 Å². The highest BCUT2D eigenvalue weighted by molar-refractivity contribution is 7.89. The number of benzene rings is 2. The van der Waals surface area contributed by atoms with Crippen LogP contribution < -0.4 is 10.5 Å². The molecule has 1 heterocycles. The molecule has 0 aromatic heterocycles. The molecular weight excluding hydrogens is 398 g/mol. The number of carbonyl (C=O) groups excluding carboxylic acids is 1. The number of amides is 1. The Morgan fingerprint density at radius 2 is 1.83 bits per heavy atom. The number of primary sulfonamides is 1. The van der Waals surface area contributed by atoms with Crippen molar-refractivity contribution in [3.8, 4) is 0 Å². The van der Waals surface area contributed by atoms with Gasteiger partial charge in [0.25, 0.3) is 0 Å². The molecule has 2 aromatic rings. The summed E-state index contributed by atoms with van der Waals surface area (Å²) in [6.07, 6.45) is 3.75. The predicted molar refractivity (Wildman–Crippen MR) is 120 cm³/mol. The van der Waals surface area contributed by atoms with Crippen molar-refractivity contribution in [2.24, 2.45) is 11.1 Å². The molecule has 3 rings (SSSR count). The number of nitrogens with one attached hydrogen (secondary N) is 1. The standard InChI is InChI=1S/C23H31N3O3S/c1-3-20-9-10-21(16-22(20)30(24,28)29)25-23(27)17(2)26-13-11-19(12-14-26)15-18-7-5-4-6-8-18/h4-10,16-17,19H,3,11-15H2,1-2H3,(H,25,27)(H2,24,28,29). The highest BCUT2D eigenvalue weighted by atomic mass is 32.2. The minimum Gasteiger partial charge on any atom is -0.325 e. The first kappa shape index (κ1) is 22.5. The molecule has 1 unspecified atom stereocenters. The Morgan fingerprint density at radius 1 is 1.17 bits per heavy atom. The largest absolute Gasteiger partial charge is 0.325 e. The van der Waals surface area contributed by atoms with Gasteiger partial charge in [0.15, 0.2) is 0 Å². The van der Waals surface area contributed by atoms with E-state index in [-0.39, 0.29) is 16.8 Å². The van der Waals surface area contributed by atoms with Crippen molar-refractivity contribution in [3.63, 3.8) is 0 Å². The Bertz CT molecular complexity index is 968. The average Bonchev–Trinajstić information content (AvgIpc) is 2.74. The molecule has 1 aliphatic heterocycles. The number of likely N-dealkylation sites (tertiary alicyclic amines) is 1. The summed E-state index contributed by atoms with van der Waals surface area (Å²) in [5.74, 6) is 0.499. The molecule has 0 spiro atoms. The van der Waals surface area contributed by atoms with Gasteiger partial charge < -0.3 is 5.32 Å². The minimum absolute atomic E-state index is 0.0668. The molecule has 1 aliphatic rings. The predicted octanol–water partition coefficient (Wildman–Crippen LogP) is 3.18. The van der Waals surface area contributed by atoms with Crippen LogP contribution in [0.25, 0.3) is 0 Å². The lowest BCUT2D eigenvalue weighted by Crippen LogP contribution is -2.46. The molecule has 3 N–H and O–H groups in total. The fourth-order valence-electron chi connectivity index (χ4n) is 4.09. The van der Waals surface area contributed by atoms with Gasteiger partial charge in [-0.2, -0.15) is 0 Å². The zero-order valence-electron chi connectivity index (χ0n) is 17.7. The summed E-state index contributed by atoms with van der Waals surface area (Å²) in [5.41, 5.74) is 2.46. The Morgan fingerprint density at radius 3 is 2.43 bits per heavy atom. The third kappa shape index (κ3) is 5.68. The van der Waals surface area contributed by atoms with Crippen molar-refractivity contribution < 1.29 is 13.2 Å². The first-order chi connectivity index (χ1) is 14.3. The van der Waals surface area contributed by atoms with Gasteiger partial charge in [0.2, 0.25) is 15.9 Å². The van der Waals surface area contributed by atoms with Gasteiger partial charge in [-0.3, -0.25) is 9.69 Å². The zero-order valence-corrected chi connectivity index (χ0v) is 18.5. The number of hydrogen-bond acceptors (Lipinski definition) is 4. The first-order valence-electron chi connectivity index (χ1n) is 10.5. The van der Waals surface area contributed by atoms with E-state index in [2.05, 4.69) is 34.5 Å². The van der Waals surface area contributed by atoms with Crippen molar-refractivity contribution in [2.75, 3.05) is 18.4 Å².